The van der Waals surface area contributed by atoms with Crippen LogP contribution in [-0.2, 0) is 0 Å². The van der Waals surface area contributed by atoms with E-state index in [1.807, 2.05) is 0 Å². The molecular weight excluding hydrogens is 108 g/mol. The Bertz CT molecular complexity index is 124. The molecule has 1 N–H and O–H groups in total. The summed E-state index contributed by atoms with van der Waals surface area (Å²) in [5.41, 5.74) is 0. The van der Waals surface area contributed by atoms with Gasteiger partial charge in [-0.25, -0.2) is 4.79 Å². The molecule has 0 unspecified atom stereocenters. The molecule has 4 nitrogen and oxygen atoms in total. The van der Waals surface area contributed by atoms with E-state index in [2.05, 4.69) is 4.99 Å². The van der Waals surface area contributed by atoms with Crippen molar-refractivity contribution in [1.29, 1.82) is 0 Å². The van der Waals surface area contributed by atoms with Gasteiger partial charge in [-0.2, -0.15) is 0 Å². The molecule has 0 saturated carbocycles. The Morgan fingerprint density at radius 2 is 2.62 bits per heavy atom. The van der Waals surface area contributed by atoms with Crippen LogP contribution >= 0.6 is 0 Å². The van der Waals surface area contributed by atoms with Crippen LogP contribution in [-0.4, -0.2) is 35.5 Å². The van der Waals surface area contributed by atoms with Gasteiger partial charge in [0.2, 0.25) is 0 Å². The van der Waals surface area contributed by atoms with Crippen molar-refractivity contribution in [2.45, 2.75) is 0 Å². The first kappa shape index (κ1) is 5.08. The number of carbonyl (C=O) groups is 1. The molecule has 1 aliphatic rings. The second kappa shape index (κ2) is 1.81. The summed E-state index contributed by atoms with van der Waals surface area (Å²) >= 11 is 0. The molecule has 0 saturated heterocycles. The average molecular weight is 114 g/mol. The Morgan fingerprint density at radius 3 is 2.88 bits per heavy atom. The van der Waals surface area contributed by atoms with Gasteiger partial charge in [-0.05, 0) is 0 Å². The summed E-state index contributed by atoms with van der Waals surface area (Å²) in [5.74, 6) is 0. The zero-order chi connectivity index (χ0) is 5.98. The third kappa shape index (κ3) is 0.776. The highest BCUT2D eigenvalue weighted by Crippen LogP contribution is 1.92. The fraction of sp³-hybridized carbons (Fsp3) is 0.500. The molecule has 0 spiro atoms. The van der Waals surface area contributed by atoms with E-state index in [0.717, 1.165) is 0 Å². The maximum absolute atomic E-state index is 10.0. The normalized spacial score (nSPS) is 17.2. The van der Waals surface area contributed by atoms with Crippen LogP contribution in [0.15, 0.2) is 4.99 Å². The van der Waals surface area contributed by atoms with Crippen LogP contribution in [0.3, 0.4) is 0 Å². The largest absolute Gasteiger partial charge is 0.465 e. The van der Waals surface area contributed by atoms with E-state index in [-0.39, 0.29) is 0 Å². The molecule has 1 amide bonds. The maximum atomic E-state index is 10.0. The molecule has 8 heavy (non-hydrogen) atoms. The number of aliphatic imine (C=N–C) groups is 1. The highest BCUT2D eigenvalue weighted by atomic mass is 16.4. The van der Waals surface area contributed by atoms with E-state index in [9.17, 15) is 4.79 Å². The van der Waals surface area contributed by atoms with Crippen LogP contribution in [0.5, 0.6) is 0 Å². The van der Waals surface area contributed by atoms with E-state index in [0.29, 0.717) is 13.2 Å². The fourth-order valence-electron chi connectivity index (χ4n) is 0.509. The topological polar surface area (TPSA) is 52.9 Å². The van der Waals surface area contributed by atoms with Crippen molar-refractivity contribution in [1.82, 2.24) is 4.90 Å². The molecule has 1 aliphatic heterocycles. The van der Waals surface area contributed by atoms with Crippen molar-refractivity contribution < 1.29 is 9.90 Å². The summed E-state index contributed by atoms with van der Waals surface area (Å²) in [7, 11) is 0. The molecular formula is C4H6N2O2. The summed E-state index contributed by atoms with van der Waals surface area (Å²) in [6.45, 7) is 0.741. The number of hydrogen-bond donors (Lipinski definition) is 1. The van der Waals surface area contributed by atoms with Crippen molar-refractivity contribution in [3.63, 3.8) is 0 Å². The smallest absolute Gasteiger partial charge is 0.409 e. The van der Waals surface area contributed by atoms with E-state index in [1.54, 1.807) is 6.21 Å². The summed E-state index contributed by atoms with van der Waals surface area (Å²) < 4.78 is 0. The molecule has 0 aromatic rings. The third-order valence-electron chi connectivity index (χ3n) is 0.954. The van der Waals surface area contributed by atoms with Gasteiger partial charge in [-0.3, -0.25) is 9.89 Å². The number of carboxylic acid groups (broad SMARTS) is 1. The van der Waals surface area contributed by atoms with Gasteiger partial charge in [-0.1, -0.05) is 0 Å². The van der Waals surface area contributed by atoms with Gasteiger partial charge in [0.1, 0.15) is 6.67 Å². The summed E-state index contributed by atoms with van der Waals surface area (Å²) in [6.07, 6.45) is 0.691. The van der Waals surface area contributed by atoms with E-state index in [1.165, 1.54) is 4.90 Å². The van der Waals surface area contributed by atoms with Crippen molar-refractivity contribution in [3.8, 4) is 0 Å². The lowest BCUT2D eigenvalue weighted by Crippen LogP contribution is -2.26. The monoisotopic (exact) mass is 114 g/mol. The lowest BCUT2D eigenvalue weighted by Gasteiger charge is -2.06. The number of amides is 1. The molecule has 4 heteroatoms. The van der Waals surface area contributed by atoms with Gasteiger partial charge >= 0.3 is 6.09 Å². The first-order chi connectivity index (χ1) is 3.80. The van der Waals surface area contributed by atoms with Gasteiger partial charge in [0.15, 0.2) is 0 Å². The molecule has 0 fully saturated rings. The second-order valence-corrected chi connectivity index (χ2v) is 1.51. The molecule has 0 bridgehead atoms. The molecule has 0 aromatic carbocycles. The number of nitrogens with zero attached hydrogens (tertiary/aromatic N) is 2. The molecule has 1 rings (SSSR count). The van der Waals surface area contributed by atoms with Crippen LogP contribution in [0, 0.1) is 0 Å². The van der Waals surface area contributed by atoms with E-state index in [4.69, 9.17) is 5.11 Å². The summed E-state index contributed by atoms with van der Waals surface area (Å²) in [5, 5.41) is 8.26. The Hall–Kier alpha value is -1.06. The summed E-state index contributed by atoms with van der Waals surface area (Å²) in [6, 6.07) is 0. The van der Waals surface area contributed by atoms with Crippen LogP contribution in [0.4, 0.5) is 4.79 Å². The molecule has 0 aromatic heterocycles. The minimum Gasteiger partial charge on any atom is -0.465 e. The number of rotatable bonds is 0. The lowest BCUT2D eigenvalue weighted by atomic mass is 10.7. The Labute approximate surface area is 46.4 Å². The van der Waals surface area contributed by atoms with Gasteiger partial charge in [0.25, 0.3) is 0 Å². The van der Waals surface area contributed by atoms with Crippen LogP contribution < -0.4 is 0 Å². The molecule has 0 atom stereocenters. The van der Waals surface area contributed by atoms with Crippen molar-refractivity contribution in [2.75, 3.05) is 13.2 Å². The summed E-state index contributed by atoms with van der Waals surface area (Å²) in [4.78, 5) is 15.0. The molecule has 1 heterocycles. The Balaban J connectivity index is 2.41. The highest BCUT2D eigenvalue weighted by Gasteiger charge is 2.11. The predicted molar refractivity (Wildman–Crippen MR) is 28.1 cm³/mol. The predicted octanol–water partition coefficient (Wildman–Crippen LogP) is 0.00830. The first-order valence-electron chi connectivity index (χ1n) is 2.27. The van der Waals surface area contributed by atoms with Crippen molar-refractivity contribution in [3.05, 3.63) is 0 Å². The Kier molecular flexibility index (Phi) is 1.15. The third-order valence-corrected chi connectivity index (χ3v) is 0.954. The minimum absolute atomic E-state index is 0.301. The quantitative estimate of drug-likeness (QED) is 0.482. The van der Waals surface area contributed by atoms with E-state index < -0.39 is 6.09 Å². The van der Waals surface area contributed by atoms with Crippen molar-refractivity contribution in [2.24, 2.45) is 4.99 Å². The molecule has 0 aliphatic carbocycles. The molecule has 44 valence electrons. The zero-order valence-electron chi connectivity index (χ0n) is 4.24. The minimum atomic E-state index is -0.900. The Morgan fingerprint density at radius 1 is 1.88 bits per heavy atom. The van der Waals surface area contributed by atoms with Gasteiger partial charge in [0, 0.05) is 6.21 Å². The molecule has 0 radical (unpaired) electrons. The van der Waals surface area contributed by atoms with Crippen LogP contribution in [0.1, 0.15) is 0 Å². The van der Waals surface area contributed by atoms with Gasteiger partial charge in [0.05, 0.1) is 6.54 Å². The lowest BCUT2D eigenvalue weighted by molar-refractivity contribution is 0.156. The second-order valence-electron chi connectivity index (χ2n) is 1.51. The fourth-order valence-corrected chi connectivity index (χ4v) is 0.509. The van der Waals surface area contributed by atoms with E-state index >= 15 is 0 Å². The zero-order valence-corrected chi connectivity index (χ0v) is 4.24. The van der Waals surface area contributed by atoms with Crippen LogP contribution in [0.2, 0.25) is 0 Å². The highest BCUT2D eigenvalue weighted by molar-refractivity contribution is 5.73. The maximum Gasteiger partial charge on any atom is 0.409 e. The number of hydrogen-bond acceptors (Lipinski definition) is 2. The van der Waals surface area contributed by atoms with Gasteiger partial charge in [-0.15, -0.1) is 0 Å². The first-order valence-corrected chi connectivity index (χ1v) is 2.27. The SMILES string of the molecule is O=C(O)N1CC=NC1. The van der Waals surface area contributed by atoms with Crippen LogP contribution in [0.25, 0.3) is 0 Å². The van der Waals surface area contributed by atoms with Crippen molar-refractivity contribution >= 4 is 12.3 Å². The van der Waals surface area contributed by atoms with Gasteiger partial charge < -0.3 is 5.11 Å². The standard InChI is InChI=1S/C4H6N2O2/c7-4(8)6-2-1-5-3-6/h1H,2-3H2,(H,7,8). The average Bonchev–Trinajstić information content (AvgIpc) is 2.12.